The van der Waals surface area contributed by atoms with Gasteiger partial charge in [-0.2, -0.15) is 0 Å². The van der Waals surface area contributed by atoms with E-state index in [9.17, 15) is 4.79 Å². The van der Waals surface area contributed by atoms with Gasteiger partial charge in [0.25, 0.3) is 5.91 Å². The molecule has 1 heterocycles. The number of hydrogen-bond acceptors (Lipinski definition) is 4. The highest BCUT2D eigenvalue weighted by Gasteiger charge is 2.34. The minimum absolute atomic E-state index is 0.101. The molecule has 1 saturated heterocycles. The molecule has 7 heteroatoms. The molecule has 132 valence electrons. The number of thiocarbonyl (C=S) groups is 1. The molecule has 1 aromatic carbocycles. The van der Waals surface area contributed by atoms with E-state index in [1.165, 1.54) is 0 Å². The van der Waals surface area contributed by atoms with Crippen LogP contribution in [-0.4, -0.2) is 47.6 Å². The van der Waals surface area contributed by atoms with Crippen molar-refractivity contribution in [2.45, 2.75) is 13.8 Å². The Morgan fingerprint density at radius 3 is 2.64 bits per heavy atom. The van der Waals surface area contributed by atoms with Gasteiger partial charge in [0, 0.05) is 13.6 Å². The molecule has 1 aliphatic heterocycles. The summed E-state index contributed by atoms with van der Waals surface area (Å²) in [6.45, 7) is 5.00. The van der Waals surface area contributed by atoms with Crippen LogP contribution >= 0.6 is 34.8 Å². The highest BCUT2D eigenvalue weighted by Crippen LogP contribution is 2.35. The van der Waals surface area contributed by atoms with Crippen molar-refractivity contribution in [2.75, 3.05) is 26.8 Å². The molecule has 25 heavy (non-hydrogen) atoms. The van der Waals surface area contributed by atoms with Gasteiger partial charge in [0.1, 0.15) is 12.3 Å². The molecule has 0 spiro atoms. The standard InChI is InChI=1S/C18H19IN2O3S/c1-5-8-24-16-13(19)9-12(11-15(16)23-7-3)10-14-17(22)21(6-2)18(25)20(14)4/h1,9-11H,6-8H2,2-4H3/b14-10+. The molecule has 0 unspecified atom stereocenters. The monoisotopic (exact) mass is 470 g/mol. The lowest BCUT2D eigenvalue weighted by Crippen LogP contribution is -2.30. The summed E-state index contributed by atoms with van der Waals surface area (Å²) in [6, 6.07) is 3.75. The lowest BCUT2D eigenvalue weighted by atomic mass is 10.1. The summed E-state index contributed by atoms with van der Waals surface area (Å²) < 4.78 is 12.1. The Hall–Kier alpha value is -1.79. The number of likely N-dealkylation sites (N-methyl/N-ethyl adjacent to an activating group) is 2. The molecule has 0 saturated carbocycles. The Bertz CT molecular complexity index is 770. The third kappa shape index (κ3) is 4.07. The van der Waals surface area contributed by atoms with Gasteiger partial charge >= 0.3 is 0 Å². The zero-order valence-corrected chi connectivity index (χ0v) is 17.3. The molecule has 0 aliphatic carbocycles. The minimum Gasteiger partial charge on any atom is -0.490 e. The third-order valence-corrected chi connectivity index (χ3v) is 4.89. The van der Waals surface area contributed by atoms with Crippen LogP contribution in [0.25, 0.3) is 6.08 Å². The van der Waals surface area contributed by atoms with Crippen molar-refractivity contribution in [3.63, 3.8) is 0 Å². The zero-order chi connectivity index (χ0) is 18.6. The van der Waals surface area contributed by atoms with Crippen LogP contribution in [0, 0.1) is 15.9 Å². The molecule has 0 aromatic heterocycles. The van der Waals surface area contributed by atoms with Gasteiger partial charge in [-0.15, -0.1) is 6.42 Å². The van der Waals surface area contributed by atoms with E-state index >= 15 is 0 Å². The number of carbonyl (C=O) groups excluding carboxylic acids is 1. The third-order valence-electron chi connectivity index (χ3n) is 3.59. The van der Waals surface area contributed by atoms with Gasteiger partial charge in [0.05, 0.1) is 10.2 Å². The first kappa shape index (κ1) is 19.5. The topological polar surface area (TPSA) is 42.0 Å². The summed E-state index contributed by atoms with van der Waals surface area (Å²) in [5.74, 6) is 3.56. The number of ether oxygens (including phenoxy) is 2. The van der Waals surface area contributed by atoms with E-state index in [1.807, 2.05) is 26.0 Å². The fraction of sp³-hybridized carbons (Fsp3) is 0.333. The van der Waals surface area contributed by atoms with Crippen molar-refractivity contribution in [1.29, 1.82) is 0 Å². The van der Waals surface area contributed by atoms with E-state index in [4.69, 9.17) is 28.1 Å². The van der Waals surface area contributed by atoms with Gasteiger partial charge in [-0.1, -0.05) is 5.92 Å². The van der Waals surface area contributed by atoms with Crippen LogP contribution in [0.1, 0.15) is 19.4 Å². The molecule has 0 bridgehead atoms. The molecule has 1 fully saturated rings. The van der Waals surface area contributed by atoms with Crippen molar-refractivity contribution in [1.82, 2.24) is 9.80 Å². The second-order valence-corrected chi connectivity index (χ2v) is 6.70. The summed E-state index contributed by atoms with van der Waals surface area (Å²) in [4.78, 5) is 15.8. The molecular weight excluding hydrogens is 451 g/mol. The van der Waals surface area contributed by atoms with Crippen molar-refractivity contribution in [3.8, 4) is 23.8 Å². The molecule has 1 aliphatic rings. The average molecular weight is 470 g/mol. The van der Waals surface area contributed by atoms with E-state index in [1.54, 1.807) is 22.9 Å². The molecule has 0 atom stereocenters. The van der Waals surface area contributed by atoms with Gasteiger partial charge in [0.2, 0.25) is 0 Å². The van der Waals surface area contributed by atoms with Crippen molar-refractivity contribution in [2.24, 2.45) is 0 Å². The van der Waals surface area contributed by atoms with E-state index in [0.717, 1.165) is 9.13 Å². The van der Waals surface area contributed by atoms with Gasteiger partial charge in [0.15, 0.2) is 16.6 Å². The smallest absolute Gasteiger partial charge is 0.276 e. The molecular formula is C18H19IN2O3S. The number of amides is 1. The van der Waals surface area contributed by atoms with Gasteiger partial charge in [-0.3, -0.25) is 9.69 Å². The predicted octanol–water partition coefficient (Wildman–Crippen LogP) is 3.12. The lowest BCUT2D eigenvalue weighted by molar-refractivity contribution is -0.122. The predicted molar refractivity (Wildman–Crippen MR) is 110 cm³/mol. The van der Waals surface area contributed by atoms with Gasteiger partial charge in [-0.25, -0.2) is 0 Å². The number of halogens is 1. The largest absolute Gasteiger partial charge is 0.490 e. The number of nitrogens with zero attached hydrogens (tertiary/aromatic N) is 2. The average Bonchev–Trinajstić information content (AvgIpc) is 2.78. The maximum atomic E-state index is 12.5. The number of benzene rings is 1. The summed E-state index contributed by atoms with van der Waals surface area (Å²) in [7, 11) is 1.79. The molecule has 5 nitrogen and oxygen atoms in total. The van der Waals surface area contributed by atoms with E-state index in [-0.39, 0.29) is 12.5 Å². The normalized spacial score (nSPS) is 15.7. The molecule has 0 N–H and O–H groups in total. The Labute approximate surface area is 167 Å². The number of rotatable bonds is 6. The number of terminal acetylenes is 1. The first-order valence-electron chi connectivity index (χ1n) is 7.78. The summed E-state index contributed by atoms with van der Waals surface area (Å²) in [5.41, 5.74) is 1.36. The molecule has 0 radical (unpaired) electrons. The summed E-state index contributed by atoms with van der Waals surface area (Å²) in [5, 5.41) is 0.507. The fourth-order valence-corrected chi connectivity index (χ4v) is 3.53. The van der Waals surface area contributed by atoms with Crippen molar-refractivity contribution < 1.29 is 14.3 Å². The minimum atomic E-state index is -0.101. The van der Waals surface area contributed by atoms with Crippen molar-refractivity contribution in [3.05, 3.63) is 27.0 Å². The highest BCUT2D eigenvalue weighted by molar-refractivity contribution is 14.1. The Kier molecular flexibility index (Phi) is 6.67. The quantitative estimate of drug-likeness (QED) is 0.277. The lowest BCUT2D eigenvalue weighted by Gasteiger charge is -2.14. The Balaban J connectivity index is 2.45. The summed E-state index contributed by atoms with van der Waals surface area (Å²) in [6.07, 6.45) is 7.08. The molecule has 1 amide bonds. The summed E-state index contributed by atoms with van der Waals surface area (Å²) >= 11 is 7.49. The SMILES string of the molecule is C#CCOc1c(I)cc(/C=C2\C(=O)N(CC)C(=S)N2C)cc1OCC. The maximum Gasteiger partial charge on any atom is 0.276 e. The van der Waals surface area contributed by atoms with Crippen LogP contribution in [0.2, 0.25) is 0 Å². The highest BCUT2D eigenvalue weighted by atomic mass is 127. The van der Waals surface area contributed by atoms with Crippen molar-refractivity contribution >= 4 is 51.9 Å². The maximum absolute atomic E-state index is 12.5. The Morgan fingerprint density at radius 1 is 1.36 bits per heavy atom. The van der Waals surface area contributed by atoms with Crippen LogP contribution in [0.4, 0.5) is 0 Å². The second kappa shape index (κ2) is 8.54. The van der Waals surface area contributed by atoms with Crippen LogP contribution in [0.15, 0.2) is 17.8 Å². The molecule has 2 rings (SSSR count). The number of hydrogen-bond donors (Lipinski definition) is 0. The van der Waals surface area contributed by atoms with Gasteiger partial charge in [-0.05, 0) is 72.4 Å². The second-order valence-electron chi connectivity index (χ2n) is 5.18. The van der Waals surface area contributed by atoms with Crippen LogP contribution in [0.3, 0.4) is 0 Å². The van der Waals surface area contributed by atoms with E-state index < -0.39 is 0 Å². The van der Waals surface area contributed by atoms with Crippen LogP contribution < -0.4 is 9.47 Å². The zero-order valence-electron chi connectivity index (χ0n) is 14.3. The van der Waals surface area contributed by atoms with Gasteiger partial charge < -0.3 is 14.4 Å². The molecule has 1 aromatic rings. The first-order valence-corrected chi connectivity index (χ1v) is 9.27. The van der Waals surface area contributed by atoms with E-state index in [2.05, 4.69) is 28.5 Å². The number of carbonyl (C=O) groups is 1. The van der Waals surface area contributed by atoms with E-state index in [0.29, 0.717) is 35.5 Å². The first-order chi connectivity index (χ1) is 11.9. The van der Waals surface area contributed by atoms with Crippen LogP contribution in [-0.2, 0) is 4.79 Å². The fourth-order valence-electron chi connectivity index (χ4n) is 2.44. The Morgan fingerprint density at radius 2 is 2.08 bits per heavy atom. The van der Waals surface area contributed by atoms with Crippen LogP contribution in [0.5, 0.6) is 11.5 Å².